The summed E-state index contributed by atoms with van der Waals surface area (Å²) in [5.74, 6) is 1.33. The van der Waals surface area contributed by atoms with Crippen LogP contribution < -0.4 is 5.32 Å². The second kappa shape index (κ2) is 7.09. The van der Waals surface area contributed by atoms with Gasteiger partial charge in [-0.3, -0.25) is 10.2 Å². The van der Waals surface area contributed by atoms with E-state index in [0.717, 1.165) is 25.6 Å². The van der Waals surface area contributed by atoms with E-state index < -0.39 is 0 Å². The largest absolute Gasteiger partial charge is 0.383 e. The zero-order valence-electron chi connectivity index (χ0n) is 14.1. The van der Waals surface area contributed by atoms with E-state index in [9.17, 15) is 5.26 Å². The second-order valence-corrected chi connectivity index (χ2v) is 7.20. The number of nitrogens with zero attached hydrogens (tertiary/aromatic N) is 2. The molecule has 0 amide bonds. The van der Waals surface area contributed by atoms with E-state index in [1.54, 1.807) is 7.11 Å². The predicted octanol–water partition coefficient (Wildman–Crippen LogP) is 2.40. The summed E-state index contributed by atoms with van der Waals surface area (Å²) in [7, 11) is 1.75. The van der Waals surface area contributed by atoms with Crippen LogP contribution in [0, 0.1) is 23.2 Å². The van der Waals surface area contributed by atoms with Crippen molar-refractivity contribution in [1.82, 2.24) is 10.2 Å². The molecule has 120 valence electrons. The molecular formula is C17H31N3O. The Morgan fingerprint density at radius 1 is 1.29 bits per heavy atom. The summed E-state index contributed by atoms with van der Waals surface area (Å²) in [5, 5.41) is 13.5. The highest BCUT2D eigenvalue weighted by Gasteiger charge is 2.48. The van der Waals surface area contributed by atoms with Gasteiger partial charge in [0.05, 0.1) is 12.7 Å². The fourth-order valence-electron chi connectivity index (χ4n) is 3.38. The van der Waals surface area contributed by atoms with Crippen molar-refractivity contribution in [2.24, 2.45) is 11.8 Å². The molecule has 0 radical (unpaired) electrons. The van der Waals surface area contributed by atoms with E-state index in [-0.39, 0.29) is 5.54 Å². The Morgan fingerprint density at radius 2 is 1.95 bits per heavy atom. The fourth-order valence-corrected chi connectivity index (χ4v) is 3.38. The highest BCUT2D eigenvalue weighted by atomic mass is 16.5. The number of hydrogen-bond donors (Lipinski definition) is 1. The Morgan fingerprint density at radius 3 is 2.38 bits per heavy atom. The maximum Gasteiger partial charge on any atom is 0.122 e. The smallest absolute Gasteiger partial charge is 0.122 e. The van der Waals surface area contributed by atoms with Crippen molar-refractivity contribution in [1.29, 1.82) is 5.26 Å². The van der Waals surface area contributed by atoms with Gasteiger partial charge >= 0.3 is 0 Å². The molecule has 0 aromatic heterocycles. The average molecular weight is 293 g/mol. The maximum atomic E-state index is 9.88. The molecule has 0 saturated heterocycles. The first-order chi connectivity index (χ1) is 10.0. The Hall–Kier alpha value is -0.630. The van der Waals surface area contributed by atoms with Crippen molar-refractivity contribution < 1.29 is 4.74 Å². The minimum atomic E-state index is -0.384. The lowest BCUT2D eigenvalue weighted by Gasteiger charge is -2.38. The Bertz CT molecular complexity index is 371. The predicted molar refractivity (Wildman–Crippen MR) is 85.0 cm³/mol. The zero-order chi connectivity index (χ0) is 15.5. The normalized spacial score (nSPS) is 23.1. The van der Waals surface area contributed by atoms with Crippen LogP contribution in [0.25, 0.3) is 0 Å². The maximum absolute atomic E-state index is 9.88. The van der Waals surface area contributed by atoms with Crippen molar-refractivity contribution >= 4 is 0 Å². The lowest BCUT2D eigenvalue weighted by molar-refractivity contribution is 0.0913. The molecule has 2 fully saturated rings. The van der Waals surface area contributed by atoms with Crippen LogP contribution in [-0.2, 0) is 4.74 Å². The minimum absolute atomic E-state index is 0.339. The van der Waals surface area contributed by atoms with E-state index in [4.69, 9.17) is 4.74 Å². The zero-order valence-corrected chi connectivity index (χ0v) is 14.1. The molecular weight excluding hydrogens is 262 g/mol. The van der Waals surface area contributed by atoms with E-state index in [1.165, 1.54) is 25.7 Å². The van der Waals surface area contributed by atoms with Crippen LogP contribution in [-0.4, -0.2) is 49.3 Å². The lowest BCUT2D eigenvalue weighted by atomic mass is 9.92. The van der Waals surface area contributed by atoms with Crippen LogP contribution in [0.2, 0.25) is 0 Å². The molecule has 2 aliphatic carbocycles. The third kappa shape index (κ3) is 4.42. The molecule has 0 aliphatic heterocycles. The topological polar surface area (TPSA) is 48.3 Å². The van der Waals surface area contributed by atoms with Gasteiger partial charge in [-0.25, -0.2) is 0 Å². The van der Waals surface area contributed by atoms with Crippen LogP contribution in [0.3, 0.4) is 0 Å². The number of methoxy groups -OCH3 is 1. The molecule has 4 nitrogen and oxygen atoms in total. The fraction of sp³-hybridized carbons (Fsp3) is 0.941. The van der Waals surface area contributed by atoms with Gasteiger partial charge in [0.1, 0.15) is 5.54 Å². The third-order valence-electron chi connectivity index (χ3n) is 4.94. The van der Waals surface area contributed by atoms with Crippen LogP contribution in [0.15, 0.2) is 0 Å². The third-order valence-corrected chi connectivity index (χ3v) is 4.94. The molecule has 2 rings (SSSR count). The van der Waals surface area contributed by atoms with E-state index >= 15 is 0 Å². The van der Waals surface area contributed by atoms with Gasteiger partial charge in [-0.2, -0.15) is 5.26 Å². The summed E-state index contributed by atoms with van der Waals surface area (Å²) in [6.07, 6.45) is 5.04. The first-order valence-electron chi connectivity index (χ1n) is 8.44. The van der Waals surface area contributed by atoms with Crippen molar-refractivity contribution in [2.45, 2.75) is 64.1 Å². The molecule has 2 aliphatic rings. The highest BCUT2D eigenvalue weighted by molar-refractivity contribution is 5.17. The quantitative estimate of drug-likeness (QED) is 0.672. The van der Waals surface area contributed by atoms with E-state index in [0.29, 0.717) is 18.0 Å². The van der Waals surface area contributed by atoms with Gasteiger partial charge in [-0.05, 0) is 58.3 Å². The number of rotatable bonds is 10. The first kappa shape index (κ1) is 16.7. The van der Waals surface area contributed by atoms with Gasteiger partial charge in [-0.15, -0.1) is 0 Å². The molecule has 2 atom stereocenters. The Kier molecular flexibility index (Phi) is 5.65. The van der Waals surface area contributed by atoms with Crippen LogP contribution in [0.1, 0.15) is 46.5 Å². The van der Waals surface area contributed by atoms with Gasteiger partial charge < -0.3 is 4.74 Å². The standard InChI is InChI=1S/C17H31N3O/c1-13(2)19-17(11-18,16-7-8-16)12-20(9-10-21-4)14(3)15-5-6-15/h13-16,19H,5-10,12H2,1-4H3. The van der Waals surface area contributed by atoms with Gasteiger partial charge in [0, 0.05) is 32.3 Å². The number of nitriles is 1. The van der Waals surface area contributed by atoms with E-state index in [1.807, 2.05) is 0 Å². The number of nitrogens with one attached hydrogen (secondary N) is 1. The van der Waals surface area contributed by atoms with Crippen LogP contribution >= 0.6 is 0 Å². The van der Waals surface area contributed by atoms with Crippen molar-refractivity contribution in [3.05, 3.63) is 0 Å². The molecule has 0 bridgehead atoms. The van der Waals surface area contributed by atoms with Gasteiger partial charge in [0.15, 0.2) is 0 Å². The summed E-state index contributed by atoms with van der Waals surface area (Å²) in [5.41, 5.74) is -0.384. The van der Waals surface area contributed by atoms with Crippen molar-refractivity contribution in [2.75, 3.05) is 26.8 Å². The highest BCUT2D eigenvalue weighted by Crippen LogP contribution is 2.42. The summed E-state index contributed by atoms with van der Waals surface area (Å²) in [4.78, 5) is 2.48. The molecule has 4 heteroatoms. The molecule has 1 N–H and O–H groups in total. The SMILES string of the molecule is COCCN(CC(C#N)(NC(C)C)C1CC1)C(C)C1CC1. The summed E-state index contributed by atoms with van der Waals surface area (Å²) >= 11 is 0. The van der Waals surface area contributed by atoms with Crippen molar-refractivity contribution in [3.8, 4) is 6.07 Å². The summed E-state index contributed by atoms with van der Waals surface area (Å²) in [6, 6.07) is 3.53. The molecule has 0 aromatic rings. The summed E-state index contributed by atoms with van der Waals surface area (Å²) < 4.78 is 5.28. The molecule has 0 aromatic carbocycles. The molecule has 2 unspecified atom stereocenters. The van der Waals surface area contributed by atoms with Gasteiger partial charge in [0.2, 0.25) is 0 Å². The monoisotopic (exact) mass is 293 g/mol. The van der Waals surface area contributed by atoms with Crippen molar-refractivity contribution in [3.63, 3.8) is 0 Å². The van der Waals surface area contributed by atoms with Crippen LogP contribution in [0.5, 0.6) is 0 Å². The number of hydrogen-bond acceptors (Lipinski definition) is 4. The molecule has 0 heterocycles. The number of ether oxygens (including phenoxy) is 1. The first-order valence-corrected chi connectivity index (χ1v) is 8.44. The minimum Gasteiger partial charge on any atom is -0.383 e. The molecule has 2 saturated carbocycles. The second-order valence-electron chi connectivity index (χ2n) is 7.20. The molecule has 0 spiro atoms. The Labute approximate surface area is 129 Å². The van der Waals surface area contributed by atoms with Crippen LogP contribution in [0.4, 0.5) is 0 Å². The van der Waals surface area contributed by atoms with E-state index in [2.05, 4.69) is 37.1 Å². The summed E-state index contributed by atoms with van der Waals surface area (Å²) in [6.45, 7) is 9.08. The Balaban J connectivity index is 2.07. The van der Waals surface area contributed by atoms with Gasteiger partial charge in [0.25, 0.3) is 0 Å². The lowest BCUT2D eigenvalue weighted by Crippen LogP contribution is -2.58. The average Bonchev–Trinajstić information content (AvgIpc) is 3.31. The molecule has 21 heavy (non-hydrogen) atoms. The van der Waals surface area contributed by atoms with Gasteiger partial charge in [-0.1, -0.05) is 0 Å².